The first-order valence-electron chi connectivity index (χ1n) is 10.5. The fraction of sp³-hybridized carbons (Fsp3) is 0.409. The maximum atomic E-state index is 13.0. The van der Waals surface area contributed by atoms with Crippen molar-refractivity contribution in [3.05, 3.63) is 52.5 Å². The van der Waals surface area contributed by atoms with Crippen molar-refractivity contribution in [1.82, 2.24) is 14.5 Å². The molecule has 10 heteroatoms. The average molecular weight is 480 g/mol. The monoisotopic (exact) mass is 479 g/mol. The number of fused-ring (bicyclic) bond motifs is 1. The number of nitrogens with zero attached hydrogens (tertiary/aromatic N) is 2. The lowest BCUT2D eigenvalue weighted by Gasteiger charge is -2.31. The maximum Gasteiger partial charge on any atom is 0.251 e. The minimum atomic E-state index is -3.63. The van der Waals surface area contributed by atoms with Crippen molar-refractivity contribution in [3.63, 3.8) is 0 Å². The lowest BCUT2D eigenvalue weighted by molar-refractivity contribution is 0.0954. The van der Waals surface area contributed by atoms with Gasteiger partial charge in [-0.05, 0) is 49.4 Å². The zero-order chi connectivity index (χ0) is 22.7. The Bertz CT molecular complexity index is 1100. The summed E-state index contributed by atoms with van der Waals surface area (Å²) in [6.45, 7) is 3.54. The number of amides is 1. The van der Waals surface area contributed by atoms with E-state index >= 15 is 0 Å². The third kappa shape index (κ3) is 5.01. The molecule has 2 aromatic rings. The normalized spacial score (nSPS) is 17.2. The summed E-state index contributed by atoms with van der Waals surface area (Å²) in [7, 11) is -1.67. The van der Waals surface area contributed by atoms with Crippen LogP contribution in [-0.2, 0) is 16.4 Å². The molecule has 0 aliphatic carbocycles. The molecule has 32 heavy (non-hydrogen) atoms. The first kappa shape index (κ1) is 22.8. The van der Waals surface area contributed by atoms with Gasteiger partial charge >= 0.3 is 0 Å². The van der Waals surface area contributed by atoms with E-state index in [-0.39, 0.29) is 10.8 Å². The number of halogens is 1. The summed E-state index contributed by atoms with van der Waals surface area (Å²) in [5.74, 6) is 0.819. The third-order valence-corrected chi connectivity index (χ3v) is 7.73. The van der Waals surface area contributed by atoms with Crippen LogP contribution in [0.5, 0.6) is 11.5 Å². The van der Waals surface area contributed by atoms with Gasteiger partial charge in [-0.3, -0.25) is 4.79 Å². The summed E-state index contributed by atoms with van der Waals surface area (Å²) in [6, 6.07) is 9.82. The standard InChI is InChI=1S/C22H26ClN3O5S/c1-25-7-9-26(10-8-25)32(28,29)18-4-2-3-17(15-18)22(27)24-6-5-16-13-19(23)21-20(14-16)30-11-12-31-21/h2-4,13-15H,5-12H2,1H3,(H,24,27). The van der Waals surface area contributed by atoms with Crippen LogP contribution in [0.25, 0.3) is 0 Å². The summed E-state index contributed by atoms with van der Waals surface area (Å²) in [6.07, 6.45) is 0.543. The van der Waals surface area contributed by atoms with Gasteiger partial charge in [0.2, 0.25) is 10.0 Å². The SMILES string of the molecule is CN1CCN(S(=O)(=O)c2cccc(C(=O)NCCc3cc(Cl)c4c(c3)OCCO4)c2)CC1. The molecule has 1 fully saturated rings. The minimum Gasteiger partial charge on any atom is -0.486 e. The van der Waals surface area contributed by atoms with Crippen molar-refractivity contribution in [2.45, 2.75) is 11.3 Å². The minimum absolute atomic E-state index is 0.133. The molecule has 0 atom stereocenters. The quantitative estimate of drug-likeness (QED) is 0.682. The highest BCUT2D eigenvalue weighted by atomic mass is 35.5. The topological polar surface area (TPSA) is 88.2 Å². The number of hydrogen-bond donors (Lipinski definition) is 1. The molecule has 0 aromatic heterocycles. The summed E-state index contributed by atoms with van der Waals surface area (Å²) in [4.78, 5) is 14.9. The van der Waals surface area contributed by atoms with Crippen LogP contribution in [0.4, 0.5) is 0 Å². The molecule has 8 nitrogen and oxygen atoms in total. The molecule has 2 aliphatic rings. The molecule has 2 aliphatic heterocycles. The van der Waals surface area contributed by atoms with Gasteiger partial charge in [0.15, 0.2) is 11.5 Å². The lowest BCUT2D eigenvalue weighted by atomic mass is 10.1. The number of likely N-dealkylation sites (N-methyl/N-ethyl adjacent to an activating group) is 1. The molecule has 0 spiro atoms. The van der Waals surface area contributed by atoms with Crippen LogP contribution in [0.3, 0.4) is 0 Å². The Morgan fingerprint density at radius 1 is 1.09 bits per heavy atom. The number of carbonyl (C=O) groups is 1. The fourth-order valence-corrected chi connectivity index (χ4v) is 5.46. The second-order valence-corrected chi connectivity index (χ2v) is 10.2. The molecule has 0 radical (unpaired) electrons. The Kier molecular flexibility index (Phi) is 6.90. The highest BCUT2D eigenvalue weighted by molar-refractivity contribution is 7.89. The molecule has 0 bridgehead atoms. The van der Waals surface area contributed by atoms with Crippen molar-refractivity contribution < 1.29 is 22.7 Å². The molecule has 0 unspecified atom stereocenters. The van der Waals surface area contributed by atoms with Crippen molar-refractivity contribution >= 4 is 27.5 Å². The van der Waals surface area contributed by atoms with Crippen LogP contribution in [0.1, 0.15) is 15.9 Å². The second-order valence-electron chi connectivity index (χ2n) is 7.84. The molecule has 0 saturated carbocycles. The molecule has 1 amide bonds. The second kappa shape index (κ2) is 9.66. The molecule has 4 rings (SSSR count). The number of nitrogens with one attached hydrogen (secondary N) is 1. The number of carbonyl (C=O) groups excluding carboxylic acids is 1. The number of piperazine rings is 1. The van der Waals surface area contributed by atoms with Gasteiger partial charge in [0.1, 0.15) is 13.2 Å². The Balaban J connectivity index is 1.39. The first-order valence-corrected chi connectivity index (χ1v) is 12.3. The van der Waals surface area contributed by atoms with E-state index in [4.69, 9.17) is 21.1 Å². The Morgan fingerprint density at radius 2 is 1.84 bits per heavy atom. The highest BCUT2D eigenvalue weighted by Crippen LogP contribution is 2.38. The van der Waals surface area contributed by atoms with Gasteiger partial charge in [0.05, 0.1) is 9.92 Å². The Labute approximate surface area is 193 Å². The van der Waals surface area contributed by atoms with Crippen molar-refractivity contribution in [1.29, 1.82) is 0 Å². The Morgan fingerprint density at radius 3 is 2.62 bits per heavy atom. The van der Waals surface area contributed by atoms with E-state index in [0.717, 1.165) is 5.56 Å². The van der Waals surface area contributed by atoms with Gasteiger partial charge in [0, 0.05) is 38.3 Å². The van der Waals surface area contributed by atoms with E-state index in [9.17, 15) is 13.2 Å². The van der Waals surface area contributed by atoms with Crippen LogP contribution in [-0.4, -0.2) is 76.5 Å². The predicted octanol–water partition coefficient (Wildman–Crippen LogP) is 2.02. The fourth-order valence-electron chi connectivity index (χ4n) is 3.71. The molecule has 2 heterocycles. The molecule has 1 saturated heterocycles. The van der Waals surface area contributed by atoms with Gasteiger partial charge in [-0.1, -0.05) is 17.7 Å². The van der Waals surface area contributed by atoms with Crippen LogP contribution < -0.4 is 14.8 Å². The van der Waals surface area contributed by atoms with Gasteiger partial charge in [-0.15, -0.1) is 0 Å². The van der Waals surface area contributed by atoms with Crippen molar-refractivity contribution in [2.75, 3.05) is 53.0 Å². The summed E-state index contributed by atoms with van der Waals surface area (Å²) in [5, 5.41) is 3.32. The average Bonchev–Trinajstić information content (AvgIpc) is 2.79. The Hall–Kier alpha value is -2.33. The summed E-state index contributed by atoms with van der Waals surface area (Å²) < 4.78 is 38.5. The van der Waals surface area contributed by atoms with Crippen LogP contribution in [0.2, 0.25) is 5.02 Å². The van der Waals surface area contributed by atoms with E-state index in [1.807, 2.05) is 13.1 Å². The van der Waals surface area contributed by atoms with Crippen molar-refractivity contribution in [2.24, 2.45) is 0 Å². The largest absolute Gasteiger partial charge is 0.486 e. The summed E-state index contributed by atoms with van der Waals surface area (Å²) in [5.41, 5.74) is 1.21. The zero-order valence-corrected chi connectivity index (χ0v) is 19.4. The van der Waals surface area contributed by atoms with Crippen LogP contribution in [0.15, 0.2) is 41.3 Å². The number of ether oxygens (including phenoxy) is 2. The predicted molar refractivity (Wildman–Crippen MR) is 121 cm³/mol. The molecule has 1 N–H and O–H groups in total. The number of rotatable bonds is 6. The number of hydrogen-bond acceptors (Lipinski definition) is 6. The molecular weight excluding hydrogens is 454 g/mol. The van der Waals surface area contributed by atoms with Gasteiger partial charge in [0.25, 0.3) is 5.91 Å². The first-order chi connectivity index (χ1) is 15.3. The van der Waals surface area contributed by atoms with E-state index < -0.39 is 10.0 Å². The van der Waals surface area contributed by atoms with Gasteiger partial charge < -0.3 is 19.7 Å². The van der Waals surface area contributed by atoms with Gasteiger partial charge in [-0.25, -0.2) is 8.42 Å². The molecule has 2 aromatic carbocycles. The van der Waals surface area contributed by atoms with Crippen LogP contribution >= 0.6 is 11.6 Å². The molecular formula is C22H26ClN3O5S. The molecule has 172 valence electrons. The van der Waals surface area contributed by atoms with E-state index in [2.05, 4.69) is 10.2 Å². The number of benzene rings is 2. The summed E-state index contributed by atoms with van der Waals surface area (Å²) >= 11 is 6.26. The van der Waals surface area contributed by atoms with Crippen molar-refractivity contribution in [3.8, 4) is 11.5 Å². The van der Waals surface area contributed by atoms with E-state index in [1.165, 1.54) is 16.4 Å². The highest BCUT2D eigenvalue weighted by Gasteiger charge is 2.28. The zero-order valence-electron chi connectivity index (χ0n) is 17.8. The van der Waals surface area contributed by atoms with E-state index in [1.54, 1.807) is 18.2 Å². The lowest BCUT2D eigenvalue weighted by Crippen LogP contribution is -2.47. The smallest absolute Gasteiger partial charge is 0.251 e. The number of sulfonamides is 1. The third-order valence-electron chi connectivity index (χ3n) is 5.55. The maximum absolute atomic E-state index is 13.0. The van der Waals surface area contributed by atoms with Gasteiger partial charge in [-0.2, -0.15) is 4.31 Å². The van der Waals surface area contributed by atoms with E-state index in [0.29, 0.717) is 74.4 Å². The van der Waals surface area contributed by atoms with Crippen LogP contribution in [0, 0.1) is 0 Å².